The van der Waals surface area contributed by atoms with Crippen LogP contribution in [0.4, 0.5) is 0 Å². The molecule has 23 heavy (non-hydrogen) atoms. The van der Waals surface area contributed by atoms with Gasteiger partial charge in [-0.15, -0.1) is 0 Å². The Morgan fingerprint density at radius 1 is 0.652 bits per heavy atom. The van der Waals surface area contributed by atoms with E-state index in [0.29, 0.717) is 0 Å². The fraction of sp³-hybridized carbons (Fsp3) is 0.364. The van der Waals surface area contributed by atoms with E-state index in [0.717, 1.165) is 19.6 Å². The van der Waals surface area contributed by atoms with E-state index in [1.165, 1.54) is 43.2 Å². The third-order valence-corrected chi connectivity index (χ3v) is 4.56. The summed E-state index contributed by atoms with van der Waals surface area (Å²) < 4.78 is 0. The molecule has 0 unspecified atom stereocenters. The van der Waals surface area contributed by atoms with Gasteiger partial charge in [0.25, 0.3) is 0 Å². The van der Waals surface area contributed by atoms with Crippen LogP contribution in [0.25, 0.3) is 0 Å². The average molecular weight is 305 g/mol. The van der Waals surface area contributed by atoms with Crippen molar-refractivity contribution >= 4 is 0 Å². The Kier molecular flexibility index (Phi) is 6.05. The van der Waals surface area contributed by atoms with Gasteiger partial charge in [0, 0.05) is 19.6 Å². The van der Waals surface area contributed by atoms with Gasteiger partial charge in [-0.05, 0) is 36.8 Å². The predicted octanol–water partition coefficient (Wildman–Crippen LogP) is 5.58. The van der Waals surface area contributed by atoms with Crippen LogP contribution in [-0.4, -0.2) is 11.4 Å². The third kappa shape index (κ3) is 5.37. The van der Waals surface area contributed by atoms with Crippen LogP contribution in [0.1, 0.15) is 43.2 Å². The molecule has 0 saturated carbocycles. The smallest absolute Gasteiger partial charge is 0.0240 e. The van der Waals surface area contributed by atoms with E-state index in [-0.39, 0.29) is 0 Å². The number of allylic oxidation sites excluding steroid dienone is 1. The molecule has 0 aromatic heterocycles. The fourth-order valence-corrected chi connectivity index (χ4v) is 3.36. The second kappa shape index (κ2) is 8.69. The lowest BCUT2D eigenvalue weighted by Gasteiger charge is -2.24. The van der Waals surface area contributed by atoms with E-state index in [4.69, 9.17) is 0 Å². The predicted molar refractivity (Wildman–Crippen MR) is 98.2 cm³/mol. The molecule has 1 heteroatoms. The van der Waals surface area contributed by atoms with E-state index in [1.807, 2.05) is 0 Å². The maximum atomic E-state index is 2.59. The average Bonchev–Trinajstić information content (AvgIpc) is 2.85. The first kappa shape index (κ1) is 16.0. The van der Waals surface area contributed by atoms with Gasteiger partial charge in [0.05, 0.1) is 0 Å². The highest BCUT2D eigenvalue weighted by Crippen LogP contribution is 2.20. The highest BCUT2D eigenvalue weighted by Gasteiger charge is 2.11. The van der Waals surface area contributed by atoms with Crippen molar-refractivity contribution in [3.8, 4) is 0 Å². The quantitative estimate of drug-likeness (QED) is 0.630. The normalized spacial score (nSPS) is 15.3. The molecule has 0 aliphatic heterocycles. The maximum Gasteiger partial charge on any atom is 0.0240 e. The SMILES string of the molecule is C1=C(CN(Cc2ccccc2)Cc2ccccc2)CCCCC1. The molecule has 0 fully saturated rings. The molecule has 1 aliphatic rings. The van der Waals surface area contributed by atoms with Gasteiger partial charge in [-0.25, -0.2) is 0 Å². The second-order valence-electron chi connectivity index (χ2n) is 6.58. The zero-order valence-corrected chi connectivity index (χ0v) is 14.0. The molecule has 0 bridgehead atoms. The summed E-state index contributed by atoms with van der Waals surface area (Å²) in [6.07, 6.45) is 9.14. The van der Waals surface area contributed by atoms with Crippen molar-refractivity contribution in [3.63, 3.8) is 0 Å². The summed E-state index contributed by atoms with van der Waals surface area (Å²) in [6.45, 7) is 3.14. The molecular weight excluding hydrogens is 278 g/mol. The minimum atomic E-state index is 1.02. The van der Waals surface area contributed by atoms with E-state index >= 15 is 0 Å². The summed E-state index contributed by atoms with van der Waals surface area (Å²) >= 11 is 0. The van der Waals surface area contributed by atoms with E-state index < -0.39 is 0 Å². The number of rotatable bonds is 6. The molecule has 0 atom stereocenters. The van der Waals surface area contributed by atoms with Crippen LogP contribution in [0, 0.1) is 0 Å². The first-order valence-electron chi connectivity index (χ1n) is 8.88. The van der Waals surface area contributed by atoms with Gasteiger partial charge in [0.2, 0.25) is 0 Å². The largest absolute Gasteiger partial charge is 0.291 e. The lowest BCUT2D eigenvalue weighted by atomic mass is 10.1. The summed E-state index contributed by atoms with van der Waals surface area (Å²) in [4.78, 5) is 2.59. The van der Waals surface area contributed by atoms with E-state index in [9.17, 15) is 0 Å². The molecule has 1 aliphatic carbocycles. The molecule has 2 aromatic carbocycles. The number of hydrogen-bond acceptors (Lipinski definition) is 1. The molecule has 0 radical (unpaired) electrons. The van der Waals surface area contributed by atoms with Crippen LogP contribution in [0.2, 0.25) is 0 Å². The third-order valence-electron chi connectivity index (χ3n) is 4.56. The molecule has 0 saturated heterocycles. The Bertz CT molecular complexity index is 559. The van der Waals surface area contributed by atoms with Crippen LogP contribution in [0.5, 0.6) is 0 Å². The van der Waals surface area contributed by atoms with Gasteiger partial charge in [0.15, 0.2) is 0 Å². The zero-order chi connectivity index (χ0) is 15.7. The topological polar surface area (TPSA) is 3.24 Å². The summed E-state index contributed by atoms with van der Waals surface area (Å²) in [5.41, 5.74) is 4.43. The minimum absolute atomic E-state index is 1.02. The lowest BCUT2D eigenvalue weighted by molar-refractivity contribution is 0.276. The Hall–Kier alpha value is -1.86. The monoisotopic (exact) mass is 305 g/mol. The Labute approximate surface area is 140 Å². The molecule has 120 valence electrons. The van der Waals surface area contributed by atoms with Gasteiger partial charge in [-0.3, -0.25) is 4.90 Å². The van der Waals surface area contributed by atoms with Crippen LogP contribution >= 0.6 is 0 Å². The van der Waals surface area contributed by atoms with E-state index in [1.54, 1.807) is 5.57 Å². The van der Waals surface area contributed by atoms with Crippen molar-refractivity contribution in [2.75, 3.05) is 6.54 Å². The molecule has 3 rings (SSSR count). The van der Waals surface area contributed by atoms with Crippen molar-refractivity contribution in [1.82, 2.24) is 4.90 Å². The molecule has 0 heterocycles. The Morgan fingerprint density at radius 3 is 1.87 bits per heavy atom. The zero-order valence-electron chi connectivity index (χ0n) is 14.0. The Morgan fingerprint density at radius 2 is 1.26 bits per heavy atom. The number of nitrogens with zero attached hydrogens (tertiary/aromatic N) is 1. The molecular formula is C22H27N. The van der Waals surface area contributed by atoms with Crippen LogP contribution in [0.3, 0.4) is 0 Å². The molecule has 0 spiro atoms. The first-order valence-corrected chi connectivity index (χ1v) is 8.88. The Balaban J connectivity index is 1.71. The lowest BCUT2D eigenvalue weighted by Crippen LogP contribution is -2.25. The van der Waals surface area contributed by atoms with Crippen molar-refractivity contribution in [2.45, 2.75) is 45.2 Å². The minimum Gasteiger partial charge on any atom is -0.291 e. The van der Waals surface area contributed by atoms with E-state index in [2.05, 4.69) is 71.6 Å². The number of hydrogen-bond donors (Lipinski definition) is 0. The highest BCUT2D eigenvalue weighted by molar-refractivity contribution is 5.18. The van der Waals surface area contributed by atoms with Gasteiger partial charge >= 0.3 is 0 Å². The van der Waals surface area contributed by atoms with Gasteiger partial charge in [-0.2, -0.15) is 0 Å². The van der Waals surface area contributed by atoms with Crippen LogP contribution < -0.4 is 0 Å². The molecule has 0 amide bonds. The molecule has 0 N–H and O–H groups in total. The molecule has 1 nitrogen and oxygen atoms in total. The van der Waals surface area contributed by atoms with Crippen molar-refractivity contribution in [3.05, 3.63) is 83.4 Å². The van der Waals surface area contributed by atoms with Gasteiger partial charge in [0.1, 0.15) is 0 Å². The summed E-state index contributed by atoms with van der Waals surface area (Å²) in [5.74, 6) is 0. The van der Waals surface area contributed by atoms with Crippen molar-refractivity contribution in [2.24, 2.45) is 0 Å². The van der Waals surface area contributed by atoms with Crippen molar-refractivity contribution in [1.29, 1.82) is 0 Å². The maximum absolute atomic E-state index is 2.59. The van der Waals surface area contributed by atoms with Gasteiger partial charge in [-0.1, -0.05) is 78.7 Å². The summed E-state index contributed by atoms with van der Waals surface area (Å²) in [7, 11) is 0. The standard InChI is InChI=1S/C22H27N/c1-2-6-12-20(11-5-1)17-23(18-21-13-7-3-8-14-21)19-22-15-9-4-10-16-22/h3-4,7-11,13-16H,1-2,5-6,12,17-19H2. The second-order valence-corrected chi connectivity index (χ2v) is 6.58. The van der Waals surface area contributed by atoms with Crippen LogP contribution in [-0.2, 0) is 13.1 Å². The fourth-order valence-electron chi connectivity index (χ4n) is 3.36. The van der Waals surface area contributed by atoms with Crippen LogP contribution in [0.15, 0.2) is 72.3 Å². The van der Waals surface area contributed by atoms with Gasteiger partial charge < -0.3 is 0 Å². The summed E-state index contributed by atoms with van der Waals surface area (Å²) in [5, 5.41) is 0. The number of benzene rings is 2. The van der Waals surface area contributed by atoms with Crippen molar-refractivity contribution < 1.29 is 0 Å². The summed E-state index contributed by atoms with van der Waals surface area (Å²) in [6, 6.07) is 21.7. The molecule has 2 aromatic rings. The first-order chi connectivity index (χ1) is 11.4. The highest BCUT2D eigenvalue weighted by atomic mass is 15.1.